The Balaban J connectivity index is -0.0000000819. The van der Waals surface area contributed by atoms with E-state index in [0.717, 1.165) is 0 Å². The van der Waals surface area contributed by atoms with Gasteiger partial charge in [-0.05, 0) is 0 Å². The SMILES string of the molecule is Cc1ccc[cH-]1.FC(F)=C=C(F)F.[C-]#[O+].[C-]#[O+].[Mn]. The molecule has 0 saturated carbocycles. The molecule has 0 unspecified atom stereocenters. The summed E-state index contributed by atoms with van der Waals surface area (Å²) in [6.45, 7) is 11.1. The van der Waals surface area contributed by atoms with Crippen LogP contribution in [-0.2, 0) is 26.4 Å². The summed E-state index contributed by atoms with van der Waals surface area (Å²) in [5.41, 5.74) is 1.81. The van der Waals surface area contributed by atoms with Gasteiger partial charge in [-0.2, -0.15) is 35.3 Å². The third-order valence-electron chi connectivity index (χ3n) is 1.02. The molecule has 1 aromatic carbocycles. The van der Waals surface area contributed by atoms with Crippen molar-refractivity contribution in [3.05, 3.63) is 61.0 Å². The maximum Gasteiger partial charge on any atom is 0 e. The molecule has 0 aromatic heterocycles. The summed E-state index contributed by atoms with van der Waals surface area (Å²) in [6, 6.07) is 8.24. The van der Waals surface area contributed by atoms with Crippen LogP contribution in [0.4, 0.5) is 17.6 Å². The van der Waals surface area contributed by atoms with Gasteiger partial charge in [0, 0.05) is 22.8 Å². The first kappa shape index (κ1) is 25.4. The van der Waals surface area contributed by atoms with E-state index in [1.54, 1.807) is 0 Å². The van der Waals surface area contributed by atoms with E-state index in [0.29, 0.717) is 5.73 Å². The standard InChI is InChI=1S/C6H7.C3F4.2CO.Mn/c1-6-4-2-3-5-6;4-2(5)1-3(6)7;2*1-2;/h2-5H,1H3;;;;/q-1;;;;. The van der Waals surface area contributed by atoms with Crippen molar-refractivity contribution in [1.82, 2.24) is 0 Å². The molecule has 1 rings (SSSR count). The van der Waals surface area contributed by atoms with Crippen LogP contribution < -0.4 is 0 Å². The first-order chi connectivity index (χ1) is 8.02. The molecule has 0 aliphatic rings. The van der Waals surface area contributed by atoms with Gasteiger partial charge in [0.15, 0.2) is 0 Å². The monoisotopic (exact) mass is 302 g/mol. The van der Waals surface area contributed by atoms with Gasteiger partial charge in [0.1, 0.15) is 0 Å². The Morgan fingerprint density at radius 2 is 1.50 bits per heavy atom. The van der Waals surface area contributed by atoms with Gasteiger partial charge in [0.2, 0.25) is 0 Å². The van der Waals surface area contributed by atoms with E-state index in [1.165, 1.54) is 5.56 Å². The number of hydrogen-bond donors (Lipinski definition) is 0. The maximum atomic E-state index is 10.6. The smallest absolute Gasteiger partial charge is 0 e. The van der Waals surface area contributed by atoms with Crippen LogP contribution in [0.1, 0.15) is 5.56 Å². The molecule has 0 atom stereocenters. The van der Waals surface area contributed by atoms with Crippen LogP contribution in [0.25, 0.3) is 0 Å². The Morgan fingerprint density at radius 1 is 1.11 bits per heavy atom. The quantitative estimate of drug-likeness (QED) is 0.230. The van der Waals surface area contributed by atoms with E-state index in [-0.39, 0.29) is 17.1 Å². The van der Waals surface area contributed by atoms with Crippen LogP contribution in [-0.4, -0.2) is 0 Å². The Labute approximate surface area is 112 Å². The molecule has 0 heterocycles. The summed E-state index contributed by atoms with van der Waals surface area (Å²) >= 11 is 0. The van der Waals surface area contributed by atoms with Gasteiger partial charge in [0.25, 0.3) is 0 Å². The minimum Gasteiger partial charge on any atom is 0 e. The molecule has 0 aliphatic heterocycles. The van der Waals surface area contributed by atoms with Crippen molar-refractivity contribution in [2.24, 2.45) is 0 Å². The molecular weight excluding hydrogens is 295 g/mol. The van der Waals surface area contributed by atoms with Crippen molar-refractivity contribution in [3.63, 3.8) is 0 Å². The van der Waals surface area contributed by atoms with Crippen molar-refractivity contribution in [1.29, 1.82) is 0 Å². The van der Waals surface area contributed by atoms with Crippen molar-refractivity contribution in [3.8, 4) is 0 Å². The van der Waals surface area contributed by atoms with Crippen molar-refractivity contribution in [2.75, 3.05) is 0 Å². The fourth-order valence-electron chi connectivity index (χ4n) is 0.542. The molecule has 99 valence electrons. The van der Waals surface area contributed by atoms with Crippen LogP contribution >= 0.6 is 0 Å². The fraction of sp³-hybridized carbons (Fsp3) is 0.0909. The number of hydrogen-bond acceptors (Lipinski definition) is 0. The van der Waals surface area contributed by atoms with Crippen molar-refractivity contribution >= 4 is 0 Å². The predicted molar refractivity (Wildman–Crippen MR) is 49.6 cm³/mol. The molecule has 2 nitrogen and oxygen atoms in total. The topological polar surface area (TPSA) is 39.8 Å². The van der Waals surface area contributed by atoms with Crippen LogP contribution in [0.5, 0.6) is 0 Å². The zero-order chi connectivity index (χ0) is 14.3. The molecule has 1 radical (unpaired) electrons. The second-order valence-electron chi connectivity index (χ2n) is 2.11. The van der Waals surface area contributed by atoms with Crippen molar-refractivity contribution in [2.45, 2.75) is 6.92 Å². The zero-order valence-corrected chi connectivity index (χ0v) is 10.2. The summed E-state index contributed by atoms with van der Waals surface area (Å²) in [6.07, 6.45) is -5.00. The number of halogens is 4. The fourth-order valence-corrected chi connectivity index (χ4v) is 0.542. The molecule has 18 heavy (non-hydrogen) atoms. The van der Waals surface area contributed by atoms with E-state index >= 15 is 0 Å². The van der Waals surface area contributed by atoms with E-state index < -0.39 is 12.2 Å². The predicted octanol–water partition coefficient (Wildman–Crippen LogP) is 3.78. The zero-order valence-electron chi connectivity index (χ0n) is 9.02. The molecule has 0 spiro atoms. The normalized spacial score (nSPS) is 6.06. The van der Waals surface area contributed by atoms with Crippen LogP contribution in [0.2, 0.25) is 0 Å². The summed E-state index contributed by atoms with van der Waals surface area (Å²) in [4.78, 5) is 0. The Morgan fingerprint density at radius 3 is 1.56 bits per heavy atom. The third kappa shape index (κ3) is 29.3. The van der Waals surface area contributed by atoms with Gasteiger partial charge in [-0.25, -0.2) is 12.1 Å². The Kier molecular flexibility index (Phi) is 29.6. The van der Waals surface area contributed by atoms with Gasteiger partial charge < -0.3 is 0 Å². The first-order valence-electron chi connectivity index (χ1n) is 3.74. The van der Waals surface area contributed by atoms with Gasteiger partial charge in [-0.15, -0.1) is 0 Å². The van der Waals surface area contributed by atoms with Crippen LogP contribution in [0, 0.1) is 20.2 Å². The molecule has 0 saturated heterocycles. The second kappa shape index (κ2) is 20.9. The van der Waals surface area contributed by atoms with Crippen LogP contribution in [0.15, 0.2) is 42.2 Å². The van der Waals surface area contributed by atoms with Gasteiger partial charge >= 0.3 is 34.8 Å². The van der Waals surface area contributed by atoms with Crippen LogP contribution in [0.3, 0.4) is 0 Å². The van der Waals surface area contributed by atoms with Gasteiger partial charge in [-0.3, -0.25) is 0 Å². The summed E-state index contributed by atoms with van der Waals surface area (Å²) < 4.78 is 57.4. The largest absolute Gasteiger partial charge is 0 e. The molecule has 0 aliphatic carbocycles. The molecule has 0 amide bonds. The van der Waals surface area contributed by atoms with E-state index in [1.807, 2.05) is 12.1 Å². The molecular formula is C11H7F4MnO2-. The van der Waals surface area contributed by atoms with E-state index in [2.05, 4.69) is 32.4 Å². The number of aryl methyl sites for hydroxylation is 1. The first-order valence-corrected chi connectivity index (χ1v) is 3.74. The summed E-state index contributed by atoms with van der Waals surface area (Å²) in [5, 5.41) is 0. The van der Waals surface area contributed by atoms with Crippen molar-refractivity contribution < 1.29 is 43.9 Å². The molecule has 0 N–H and O–H groups in total. The molecule has 7 heteroatoms. The van der Waals surface area contributed by atoms with Gasteiger partial charge in [0.05, 0.1) is 0 Å². The maximum absolute atomic E-state index is 10.6. The summed E-state index contributed by atoms with van der Waals surface area (Å²) in [5.74, 6) is 0. The van der Waals surface area contributed by atoms with Gasteiger partial charge in [-0.1, -0.05) is 6.92 Å². The minimum absolute atomic E-state index is 0. The molecule has 0 bridgehead atoms. The minimum atomic E-state index is -2.50. The van der Waals surface area contributed by atoms with E-state index in [9.17, 15) is 17.6 Å². The van der Waals surface area contributed by atoms with E-state index in [4.69, 9.17) is 9.30 Å². The average molecular weight is 302 g/mol. The molecule has 1 aromatic rings. The average Bonchev–Trinajstić information content (AvgIpc) is 2.74. The Hall–Kier alpha value is -1.41. The summed E-state index contributed by atoms with van der Waals surface area (Å²) in [7, 11) is 0. The molecule has 0 fully saturated rings. The third-order valence-corrected chi connectivity index (χ3v) is 1.02. The second-order valence-corrected chi connectivity index (χ2v) is 2.11. The Bertz CT molecular complexity index is 350. The number of rotatable bonds is 0.